The molecule has 0 amide bonds. The lowest BCUT2D eigenvalue weighted by Gasteiger charge is -2.17. The van der Waals surface area contributed by atoms with Gasteiger partial charge in [0, 0.05) is 11.4 Å². The number of nitrogens with one attached hydrogen (secondary N) is 2. The predicted molar refractivity (Wildman–Crippen MR) is 97.3 cm³/mol. The lowest BCUT2D eigenvalue weighted by atomic mass is 10.1. The van der Waals surface area contributed by atoms with Gasteiger partial charge in [0.1, 0.15) is 0 Å². The van der Waals surface area contributed by atoms with Gasteiger partial charge in [-0.05, 0) is 36.4 Å². The van der Waals surface area contributed by atoms with Crippen molar-refractivity contribution < 1.29 is 9.90 Å². The summed E-state index contributed by atoms with van der Waals surface area (Å²) in [5, 5.41) is 15.8. The van der Waals surface area contributed by atoms with E-state index < -0.39 is 5.97 Å². The minimum absolute atomic E-state index is 0.0621. The molecule has 0 unspecified atom stereocenters. The Bertz CT molecular complexity index is 849. The molecule has 0 radical (unpaired) electrons. The second-order valence-corrected chi connectivity index (χ2v) is 5.24. The summed E-state index contributed by atoms with van der Waals surface area (Å²) in [4.78, 5) is 11.4. The average Bonchev–Trinajstić information content (AvgIpc) is 2.59. The number of nitrogen functional groups attached to an aromatic ring is 1. The molecule has 0 saturated heterocycles. The van der Waals surface area contributed by atoms with Crippen LogP contribution in [0.3, 0.4) is 0 Å². The van der Waals surface area contributed by atoms with Crippen LogP contribution in [0.25, 0.3) is 0 Å². The van der Waals surface area contributed by atoms with E-state index in [0.717, 1.165) is 11.4 Å². The molecule has 0 aliphatic heterocycles. The first-order valence-corrected chi connectivity index (χ1v) is 7.45. The highest BCUT2D eigenvalue weighted by molar-refractivity contribution is 6.01. The Hall–Kier alpha value is -3.47. The van der Waals surface area contributed by atoms with Crippen molar-refractivity contribution in [3.05, 3.63) is 78.4 Å². The van der Waals surface area contributed by atoms with Crippen LogP contribution in [-0.4, -0.2) is 11.1 Å². The van der Waals surface area contributed by atoms with Crippen LogP contribution in [0.5, 0.6) is 0 Å². The fourth-order valence-electron chi connectivity index (χ4n) is 2.39. The molecule has 0 fully saturated rings. The standard InChI is InChI=1S/C19H17N3O2/c20-17-15(19(23)24)11-12-16(21-13-7-3-1-4-8-13)18(17)22-14-9-5-2-6-10-14/h1-12,21-22H,20H2,(H,23,24). The van der Waals surface area contributed by atoms with Crippen LogP contribution in [0.4, 0.5) is 28.4 Å². The first kappa shape index (κ1) is 15.4. The van der Waals surface area contributed by atoms with Gasteiger partial charge in [0.25, 0.3) is 0 Å². The number of rotatable bonds is 5. The Morgan fingerprint density at radius 1 is 0.792 bits per heavy atom. The fourth-order valence-corrected chi connectivity index (χ4v) is 2.39. The number of carboxylic acids is 1. The normalized spacial score (nSPS) is 10.2. The van der Waals surface area contributed by atoms with Crippen LogP contribution in [0.2, 0.25) is 0 Å². The van der Waals surface area contributed by atoms with E-state index in [4.69, 9.17) is 5.73 Å². The lowest BCUT2D eigenvalue weighted by molar-refractivity contribution is 0.0698. The van der Waals surface area contributed by atoms with E-state index in [2.05, 4.69) is 10.6 Å². The summed E-state index contributed by atoms with van der Waals surface area (Å²) in [7, 11) is 0. The SMILES string of the molecule is Nc1c(C(=O)O)ccc(Nc2ccccc2)c1Nc1ccccc1. The summed E-state index contributed by atoms with van der Waals surface area (Å²) in [6, 6.07) is 22.3. The zero-order valence-corrected chi connectivity index (χ0v) is 12.9. The van der Waals surface area contributed by atoms with Gasteiger partial charge in [-0.1, -0.05) is 36.4 Å². The van der Waals surface area contributed by atoms with Gasteiger partial charge in [-0.15, -0.1) is 0 Å². The third-order valence-electron chi connectivity index (χ3n) is 3.57. The van der Waals surface area contributed by atoms with Gasteiger partial charge in [0.15, 0.2) is 0 Å². The number of anilines is 5. The van der Waals surface area contributed by atoms with E-state index in [-0.39, 0.29) is 11.3 Å². The molecule has 3 aromatic carbocycles. The van der Waals surface area contributed by atoms with Crippen molar-refractivity contribution in [1.29, 1.82) is 0 Å². The molecule has 0 aliphatic carbocycles. The minimum Gasteiger partial charge on any atom is -0.478 e. The van der Waals surface area contributed by atoms with Crippen molar-refractivity contribution in [2.75, 3.05) is 16.4 Å². The quantitative estimate of drug-likeness (QED) is 0.522. The van der Waals surface area contributed by atoms with Gasteiger partial charge in [0.05, 0.1) is 22.6 Å². The van der Waals surface area contributed by atoms with Crippen molar-refractivity contribution >= 4 is 34.4 Å². The van der Waals surface area contributed by atoms with E-state index in [9.17, 15) is 9.90 Å². The van der Waals surface area contributed by atoms with Gasteiger partial charge >= 0.3 is 5.97 Å². The second kappa shape index (κ2) is 6.75. The van der Waals surface area contributed by atoms with Crippen molar-refractivity contribution in [3.63, 3.8) is 0 Å². The number of hydrogen-bond acceptors (Lipinski definition) is 4. The van der Waals surface area contributed by atoms with E-state index in [1.807, 2.05) is 60.7 Å². The van der Waals surface area contributed by atoms with Gasteiger partial charge in [-0.3, -0.25) is 0 Å². The first-order valence-electron chi connectivity index (χ1n) is 7.45. The Balaban J connectivity index is 2.04. The minimum atomic E-state index is -1.06. The summed E-state index contributed by atoms with van der Waals surface area (Å²) < 4.78 is 0. The molecule has 5 heteroatoms. The number of benzene rings is 3. The van der Waals surface area contributed by atoms with Crippen LogP contribution < -0.4 is 16.4 Å². The Kier molecular flexibility index (Phi) is 4.34. The van der Waals surface area contributed by atoms with Gasteiger partial charge in [-0.2, -0.15) is 0 Å². The molecule has 0 aromatic heterocycles. The van der Waals surface area contributed by atoms with Gasteiger partial charge < -0.3 is 21.5 Å². The fraction of sp³-hybridized carbons (Fsp3) is 0. The third kappa shape index (κ3) is 3.30. The van der Waals surface area contributed by atoms with E-state index in [0.29, 0.717) is 11.4 Å². The molecule has 24 heavy (non-hydrogen) atoms. The molecule has 0 aliphatic rings. The maximum absolute atomic E-state index is 11.4. The maximum Gasteiger partial charge on any atom is 0.337 e. The summed E-state index contributed by atoms with van der Waals surface area (Å²) in [5.41, 5.74) is 9.29. The number of hydrogen-bond donors (Lipinski definition) is 4. The summed E-state index contributed by atoms with van der Waals surface area (Å²) >= 11 is 0. The number of para-hydroxylation sites is 2. The van der Waals surface area contributed by atoms with E-state index in [1.54, 1.807) is 6.07 Å². The molecule has 5 N–H and O–H groups in total. The molecular formula is C19H17N3O2. The van der Waals surface area contributed by atoms with Crippen LogP contribution in [0.15, 0.2) is 72.8 Å². The van der Waals surface area contributed by atoms with E-state index >= 15 is 0 Å². The van der Waals surface area contributed by atoms with Crippen LogP contribution in [-0.2, 0) is 0 Å². The maximum atomic E-state index is 11.4. The molecular weight excluding hydrogens is 302 g/mol. The molecule has 3 rings (SSSR count). The van der Waals surface area contributed by atoms with E-state index in [1.165, 1.54) is 6.07 Å². The molecule has 0 atom stereocenters. The smallest absolute Gasteiger partial charge is 0.337 e. The molecule has 0 heterocycles. The van der Waals surface area contributed by atoms with Crippen molar-refractivity contribution in [2.45, 2.75) is 0 Å². The average molecular weight is 319 g/mol. The molecule has 3 aromatic rings. The zero-order valence-electron chi connectivity index (χ0n) is 12.9. The molecule has 0 spiro atoms. The largest absolute Gasteiger partial charge is 0.478 e. The summed E-state index contributed by atoms with van der Waals surface area (Å²) in [5.74, 6) is -1.06. The number of carboxylic acid groups (broad SMARTS) is 1. The molecule has 120 valence electrons. The topological polar surface area (TPSA) is 87.4 Å². The van der Waals surface area contributed by atoms with Crippen molar-refractivity contribution in [3.8, 4) is 0 Å². The third-order valence-corrected chi connectivity index (χ3v) is 3.57. The molecule has 0 saturated carbocycles. The monoisotopic (exact) mass is 319 g/mol. The van der Waals surface area contributed by atoms with Crippen molar-refractivity contribution in [2.24, 2.45) is 0 Å². The van der Waals surface area contributed by atoms with Crippen LogP contribution >= 0.6 is 0 Å². The zero-order chi connectivity index (χ0) is 16.9. The van der Waals surface area contributed by atoms with Crippen LogP contribution in [0.1, 0.15) is 10.4 Å². The highest BCUT2D eigenvalue weighted by Crippen LogP contribution is 2.36. The summed E-state index contributed by atoms with van der Waals surface area (Å²) in [6.07, 6.45) is 0. The molecule has 5 nitrogen and oxygen atoms in total. The van der Waals surface area contributed by atoms with Crippen LogP contribution in [0, 0.1) is 0 Å². The second-order valence-electron chi connectivity index (χ2n) is 5.24. The number of nitrogens with two attached hydrogens (primary N) is 1. The van der Waals surface area contributed by atoms with Gasteiger partial charge in [0.2, 0.25) is 0 Å². The predicted octanol–water partition coefficient (Wildman–Crippen LogP) is 4.45. The molecule has 0 bridgehead atoms. The highest BCUT2D eigenvalue weighted by atomic mass is 16.4. The first-order chi connectivity index (χ1) is 11.6. The number of carbonyl (C=O) groups is 1. The Morgan fingerprint density at radius 2 is 1.33 bits per heavy atom. The van der Waals surface area contributed by atoms with Crippen molar-refractivity contribution in [1.82, 2.24) is 0 Å². The lowest BCUT2D eigenvalue weighted by Crippen LogP contribution is -2.08. The van der Waals surface area contributed by atoms with Gasteiger partial charge in [-0.25, -0.2) is 4.79 Å². The summed E-state index contributed by atoms with van der Waals surface area (Å²) in [6.45, 7) is 0. The Morgan fingerprint density at radius 3 is 1.88 bits per heavy atom. The highest BCUT2D eigenvalue weighted by Gasteiger charge is 2.16. The Labute approximate surface area is 139 Å². The number of aromatic carboxylic acids is 1.